The zero-order valence-electron chi connectivity index (χ0n) is 15.1. The highest BCUT2D eigenvalue weighted by atomic mass is 35.6. The molecule has 0 saturated carbocycles. The maximum absolute atomic E-state index is 7.00. The van der Waals surface area contributed by atoms with Crippen LogP contribution in [0.15, 0.2) is 0 Å². The predicted molar refractivity (Wildman–Crippen MR) is 179 cm³/mol. The van der Waals surface area contributed by atoms with Gasteiger partial charge in [0.1, 0.15) is 0 Å². The van der Waals surface area contributed by atoms with Crippen LogP contribution in [-0.2, 0) is 0 Å². The van der Waals surface area contributed by atoms with Gasteiger partial charge in [-0.3, -0.25) is 0 Å². The summed E-state index contributed by atoms with van der Waals surface area (Å²) in [6, 6.07) is 0. The normalized spacial score (nSPS) is 8.65. The third kappa shape index (κ3) is 1170. The van der Waals surface area contributed by atoms with Crippen molar-refractivity contribution in [3.8, 4) is 0 Å². The van der Waals surface area contributed by atoms with Gasteiger partial charge in [-0.1, -0.05) is 278 Å². The summed E-state index contributed by atoms with van der Waals surface area (Å²) in [6.07, 6.45) is 0. The summed E-state index contributed by atoms with van der Waals surface area (Å²) in [5.74, 6) is 0. The lowest BCUT2D eigenvalue weighted by atomic mass is 11.8. The molecule has 0 aliphatic heterocycles. The molecule has 0 aromatic rings. The van der Waals surface area contributed by atoms with Gasteiger partial charge in [0.05, 0.1) is 0 Å². The molecule has 25 heteroatoms. The average molecular weight is 987 g/mol. The van der Waals surface area contributed by atoms with E-state index in [9.17, 15) is 0 Å². The molecule has 0 atom stereocenters. The topological polar surface area (TPSA) is 20.2 Å². The first-order chi connectivity index (χ1) is 14.9. The van der Waals surface area contributed by atoms with Crippen molar-refractivity contribution in [2.24, 2.45) is 0 Å². The maximum atomic E-state index is 7.00. The molecule has 222 valence electrons. The first-order valence-electron chi connectivity index (χ1n) is 5.68. The second kappa shape index (κ2) is 63.2. The fourth-order valence-corrected chi connectivity index (χ4v) is 0. The van der Waals surface area contributed by atoms with Crippen LogP contribution in [-0.4, -0.2) is 46.6 Å². The molecule has 0 bridgehead atoms. The lowest BCUT2D eigenvalue weighted by molar-refractivity contribution is 0.399. The molecule has 0 aromatic carbocycles. The second-order valence-corrected chi connectivity index (χ2v) is 17.8. The van der Waals surface area contributed by atoms with E-state index in [4.69, 9.17) is 284 Å². The van der Waals surface area contributed by atoms with Crippen LogP contribution in [0.4, 0.5) is 0 Å². The number of alkyl halides is 24. The first kappa shape index (κ1) is 64.0. The summed E-state index contributed by atoms with van der Waals surface area (Å²) in [4.78, 5) is 0. The summed E-state index contributed by atoms with van der Waals surface area (Å²) in [5, 5.41) is 7.00. The Balaban J connectivity index is -0.0000000297. The summed E-state index contributed by atoms with van der Waals surface area (Å²) in [6.45, 7) is 0. The van der Waals surface area contributed by atoms with Gasteiger partial charge in [0, 0.05) is 7.11 Å². The molecule has 0 aromatic heterocycles. The van der Waals surface area contributed by atoms with Gasteiger partial charge < -0.3 is 5.11 Å². The lowest BCUT2D eigenvalue weighted by Gasteiger charge is -1.69. The molecule has 0 radical (unpaired) electrons. The minimum absolute atomic E-state index is 0.750. The van der Waals surface area contributed by atoms with E-state index in [1.165, 1.54) is 0 Å². The predicted octanol–water partition coefficient (Wildman–Crippen LogP) is 15.5. The number of hydrogen-bond donors (Lipinski definition) is 1. The van der Waals surface area contributed by atoms with E-state index in [0.717, 1.165) is 7.11 Å². The molecule has 0 aliphatic rings. The van der Waals surface area contributed by atoms with Gasteiger partial charge in [0.2, 0.25) is 0 Å². The molecule has 0 unspecified atom stereocenters. The van der Waals surface area contributed by atoms with Gasteiger partial charge in [-0.25, -0.2) is 0 Å². The minimum Gasteiger partial charge on any atom is -0.400 e. The Morgan fingerprint density at radius 3 is 0.206 bits per heavy atom. The van der Waals surface area contributed by atoms with Crippen molar-refractivity contribution in [3.63, 3.8) is 0 Å². The van der Waals surface area contributed by atoms with Gasteiger partial charge in [-0.15, -0.1) is 0 Å². The number of hydrogen-bond acceptors (Lipinski definition) is 1. The van der Waals surface area contributed by atoms with Crippen LogP contribution >= 0.6 is 278 Å². The van der Waals surface area contributed by atoms with Gasteiger partial charge >= 0.3 is 0 Å². The average Bonchev–Trinajstić information content (AvgIpc) is 2.43. The van der Waals surface area contributed by atoms with Gasteiger partial charge in [0.25, 0.3) is 0 Å². The fourth-order valence-electron chi connectivity index (χ4n) is 0. The maximum Gasteiger partial charge on any atom is 0.180 e. The molecule has 0 amide bonds. The molecule has 0 fully saturated rings. The molecule has 0 heterocycles. The Kier molecular flexibility index (Phi) is 119. The van der Waals surface area contributed by atoms with E-state index >= 15 is 0 Å². The Morgan fingerprint density at radius 1 is 0.206 bits per heavy atom. The molecular weight excluding hydrogens is 975 g/mol. The van der Waals surface area contributed by atoms with E-state index in [2.05, 4.69) is 0 Å². The highest BCUT2D eigenvalue weighted by molar-refractivity contribution is 6.65. The quantitative estimate of drug-likeness (QED) is 0.240. The molecule has 0 spiro atoms. The van der Waals surface area contributed by atoms with E-state index < -0.39 is 34.4 Å². The van der Waals surface area contributed by atoms with E-state index in [1.54, 1.807) is 0 Å². The van der Waals surface area contributed by atoms with Crippen molar-refractivity contribution in [1.82, 2.24) is 0 Å². The van der Waals surface area contributed by atoms with Crippen molar-refractivity contribution in [2.45, 2.75) is 34.4 Å². The van der Waals surface area contributed by atoms with Crippen molar-refractivity contribution in [3.05, 3.63) is 0 Å². The molecule has 0 aliphatic carbocycles. The Labute approximate surface area is 320 Å². The second-order valence-electron chi connectivity index (χ2n) is 1.98. The summed E-state index contributed by atoms with van der Waals surface area (Å²) < 4.78 is -6.00. The van der Waals surface area contributed by atoms with Crippen molar-refractivity contribution in [2.75, 3.05) is 7.11 Å². The van der Waals surface area contributed by atoms with Gasteiger partial charge in [-0.05, 0) is 0 Å². The summed E-state index contributed by atoms with van der Waals surface area (Å²) in [5.41, 5.74) is 0. The molecule has 1 nitrogen and oxygen atoms in total. The smallest absolute Gasteiger partial charge is 0.180 e. The molecule has 0 rings (SSSR count). The zero-order valence-corrected chi connectivity index (χ0v) is 33.3. The van der Waals surface area contributed by atoms with Crippen LogP contribution in [0.25, 0.3) is 0 Å². The van der Waals surface area contributed by atoms with Crippen LogP contribution in [0.5, 0.6) is 0 Å². The molecule has 34 heavy (non-hydrogen) atoms. The van der Waals surface area contributed by atoms with Crippen LogP contribution in [0, 0.1) is 0 Å². The van der Waals surface area contributed by atoms with Crippen molar-refractivity contribution >= 4 is 278 Å². The van der Waals surface area contributed by atoms with Gasteiger partial charge in [-0.2, -0.15) is 0 Å². The Bertz CT molecular complexity index is 144. The van der Waals surface area contributed by atoms with Gasteiger partial charge in [0.15, 0.2) is 34.4 Å². The SMILES string of the molecule is CO.ClC(Cl)Cl.ClC(Cl)Cl.ClC(Cl)Cl.ClC(Cl)Cl.ClC(Cl)Cl.ClC(Cl)Cl.ClC(Cl)Cl.ClC(Cl)Cl. The highest BCUT2D eigenvalue weighted by Gasteiger charge is 1.81. The standard InChI is InChI=1S/8CHCl3.CH4O/c8*2-1(3)4;1-2/h8*1H;2H,1H3. The monoisotopic (exact) mass is 975 g/mol. The number of aliphatic hydroxyl groups is 1. The minimum atomic E-state index is -0.750. The molecule has 1 N–H and O–H groups in total. The summed E-state index contributed by atoms with van der Waals surface area (Å²) in [7, 11) is 1.00. The van der Waals surface area contributed by atoms with Crippen LogP contribution in [0.1, 0.15) is 0 Å². The van der Waals surface area contributed by atoms with E-state index in [1.807, 2.05) is 0 Å². The largest absolute Gasteiger partial charge is 0.400 e. The third-order valence-electron chi connectivity index (χ3n) is 0. The van der Waals surface area contributed by atoms with E-state index in [0.29, 0.717) is 0 Å². The van der Waals surface area contributed by atoms with E-state index in [-0.39, 0.29) is 0 Å². The fraction of sp³-hybridized carbons (Fsp3) is 1.00. The van der Waals surface area contributed by atoms with Crippen LogP contribution < -0.4 is 0 Å². The summed E-state index contributed by atoms with van der Waals surface area (Å²) >= 11 is 115. The van der Waals surface area contributed by atoms with Crippen molar-refractivity contribution < 1.29 is 5.11 Å². The number of rotatable bonds is 0. The Morgan fingerprint density at radius 2 is 0.206 bits per heavy atom. The highest BCUT2D eigenvalue weighted by Crippen LogP contribution is 2.06. The van der Waals surface area contributed by atoms with Crippen LogP contribution in [0.3, 0.4) is 0 Å². The number of halogens is 24. The lowest BCUT2D eigenvalue weighted by Crippen LogP contribution is -1.55. The third-order valence-corrected chi connectivity index (χ3v) is 0. The zero-order chi connectivity index (χ0) is 30.6. The first-order valence-corrected chi connectivity index (χ1v) is 16.2. The molecular formula is C9H12Cl24O. The van der Waals surface area contributed by atoms with Crippen LogP contribution in [0.2, 0.25) is 0 Å². The number of aliphatic hydroxyl groups excluding tert-OH is 1. The Hall–Kier alpha value is 6.92. The van der Waals surface area contributed by atoms with Crippen molar-refractivity contribution in [1.29, 1.82) is 0 Å². The molecule has 0 saturated heterocycles.